The van der Waals surface area contributed by atoms with Crippen LogP contribution >= 0.6 is 15.9 Å². The summed E-state index contributed by atoms with van der Waals surface area (Å²) in [5, 5.41) is 0. The number of rotatable bonds is 5. The number of hydrogen-bond acceptors (Lipinski definition) is 2. The predicted octanol–water partition coefficient (Wildman–Crippen LogP) is 4.66. The molecule has 0 aromatic heterocycles. The monoisotopic (exact) mass is 332 g/mol. The number of aryl methyl sites for hydroxylation is 1. The first kappa shape index (κ1) is 14.8. The number of benzene rings is 2. The lowest BCUT2D eigenvalue weighted by Gasteiger charge is -2.14. The molecule has 0 saturated heterocycles. The van der Waals surface area contributed by atoms with E-state index in [1.54, 1.807) is 6.92 Å². The second-order valence-corrected chi connectivity index (χ2v) is 5.54. The molecule has 2 rings (SSSR count). The maximum Gasteiger partial charge on any atom is 0.202 e. The summed E-state index contributed by atoms with van der Waals surface area (Å²) in [6, 6.07) is 15.2. The molecule has 0 aliphatic carbocycles. The molecule has 2 aromatic rings. The number of carbonyl (C=O) groups is 1. The molecule has 0 heterocycles. The van der Waals surface area contributed by atoms with Crippen molar-refractivity contribution >= 4 is 21.7 Å². The van der Waals surface area contributed by atoms with Gasteiger partial charge >= 0.3 is 0 Å². The molecule has 2 nitrogen and oxygen atoms in total. The highest BCUT2D eigenvalue weighted by atomic mass is 79.9. The first-order chi connectivity index (χ1) is 9.60. The maximum atomic E-state index is 12.3. The Balaban J connectivity index is 2.05. The average Bonchev–Trinajstić information content (AvgIpc) is 2.49. The van der Waals surface area contributed by atoms with Crippen molar-refractivity contribution in [2.45, 2.75) is 26.4 Å². The Morgan fingerprint density at radius 2 is 1.70 bits per heavy atom. The zero-order chi connectivity index (χ0) is 14.5. The Morgan fingerprint density at radius 3 is 2.25 bits per heavy atom. The van der Waals surface area contributed by atoms with Crippen LogP contribution in [0.3, 0.4) is 0 Å². The molecular weight excluding hydrogens is 316 g/mol. The van der Waals surface area contributed by atoms with Gasteiger partial charge in [0.15, 0.2) is 6.10 Å². The molecule has 104 valence electrons. The van der Waals surface area contributed by atoms with E-state index >= 15 is 0 Å². The van der Waals surface area contributed by atoms with E-state index in [1.807, 2.05) is 48.5 Å². The van der Waals surface area contributed by atoms with Crippen LogP contribution in [0.2, 0.25) is 0 Å². The van der Waals surface area contributed by atoms with E-state index in [0.717, 1.165) is 10.9 Å². The standard InChI is InChI=1S/C17H17BrO2/c1-3-13-4-6-14(7-5-13)17(19)12(2)20-16-10-8-15(18)9-11-16/h4-12H,3H2,1-2H3. The SMILES string of the molecule is CCc1ccc(C(=O)C(C)Oc2ccc(Br)cc2)cc1. The van der Waals surface area contributed by atoms with Gasteiger partial charge in [0, 0.05) is 10.0 Å². The fraction of sp³-hybridized carbons (Fsp3) is 0.235. The van der Waals surface area contributed by atoms with Crippen LogP contribution in [0.5, 0.6) is 5.75 Å². The summed E-state index contributed by atoms with van der Waals surface area (Å²) in [7, 11) is 0. The zero-order valence-electron chi connectivity index (χ0n) is 11.6. The Kier molecular flexibility index (Phi) is 4.96. The molecule has 0 radical (unpaired) electrons. The van der Waals surface area contributed by atoms with Gasteiger partial charge in [-0.05, 0) is 43.2 Å². The van der Waals surface area contributed by atoms with E-state index < -0.39 is 6.10 Å². The van der Waals surface area contributed by atoms with Crippen molar-refractivity contribution in [2.75, 3.05) is 0 Å². The molecule has 0 aliphatic rings. The van der Waals surface area contributed by atoms with Crippen molar-refractivity contribution in [3.05, 3.63) is 64.1 Å². The zero-order valence-corrected chi connectivity index (χ0v) is 13.2. The highest BCUT2D eigenvalue weighted by Gasteiger charge is 2.16. The first-order valence-electron chi connectivity index (χ1n) is 6.65. The van der Waals surface area contributed by atoms with Gasteiger partial charge in [-0.15, -0.1) is 0 Å². The Bertz CT molecular complexity index is 573. The number of ketones is 1. The van der Waals surface area contributed by atoms with E-state index in [0.29, 0.717) is 11.3 Å². The first-order valence-corrected chi connectivity index (χ1v) is 7.45. The van der Waals surface area contributed by atoms with Crippen LogP contribution < -0.4 is 4.74 Å². The van der Waals surface area contributed by atoms with Crippen LogP contribution in [0.1, 0.15) is 29.8 Å². The average molecular weight is 333 g/mol. The van der Waals surface area contributed by atoms with Crippen molar-refractivity contribution in [3.8, 4) is 5.75 Å². The van der Waals surface area contributed by atoms with Crippen LogP contribution in [-0.4, -0.2) is 11.9 Å². The molecule has 0 fully saturated rings. The van der Waals surface area contributed by atoms with Crippen LogP contribution in [0.4, 0.5) is 0 Å². The summed E-state index contributed by atoms with van der Waals surface area (Å²) >= 11 is 3.37. The number of hydrogen-bond donors (Lipinski definition) is 0. The lowest BCUT2D eigenvalue weighted by atomic mass is 10.0. The number of Topliss-reactive ketones (excluding diaryl/α,β-unsaturated/α-hetero) is 1. The molecule has 0 spiro atoms. The highest BCUT2D eigenvalue weighted by molar-refractivity contribution is 9.10. The number of halogens is 1. The van der Waals surface area contributed by atoms with Gasteiger partial charge in [-0.25, -0.2) is 0 Å². The smallest absolute Gasteiger partial charge is 0.202 e. The van der Waals surface area contributed by atoms with Gasteiger partial charge < -0.3 is 4.74 Å². The lowest BCUT2D eigenvalue weighted by Crippen LogP contribution is -2.23. The molecule has 1 unspecified atom stereocenters. The van der Waals surface area contributed by atoms with E-state index in [2.05, 4.69) is 22.9 Å². The normalized spacial score (nSPS) is 11.9. The summed E-state index contributed by atoms with van der Waals surface area (Å²) in [5.74, 6) is 0.690. The van der Waals surface area contributed by atoms with Crippen LogP contribution in [0.25, 0.3) is 0 Å². The third kappa shape index (κ3) is 3.70. The summed E-state index contributed by atoms with van der Waals surface area (Å²) in [6.07, 6.45) is 0.475. The fourth-order valence-corrected chi connectivity index (χ4v) is 2.17. The van der Waals surface area contributed by atoms with Gasteiger partial charge in [0.05, 0.1) is 0 Å². The van der Waals surface area contributed by atoms with E-state index in [-0.39, 0.29) is 5.78 Å². The highest BCUT2D eigenvalue weighted by Crippen LogP contribution is 2.18. The van der Waals surface area contributed by atoms with Crippen molar-refractivity contribution in [1.82, 2.24) is 0 Å². The summed E-state index contributed by atoms with van der Waals surface area (Å²) in [6.45, 7) is 3.87. The molecule has 0 saturated carbocycles. The van der Waals surface area contributed by atoms with Crippen molar-refractivity contribution in [1.29, 1.82) is 0 Å². The lowest BCUT2D eigenvalue weighted by molar-refractivity contribution is 0.0818. The largest absolute Gasteiger partial charge is 0.483 e. The van der Waals surface area contributed by atoms with E-state index in [4.69, 9.17) is 4.74 Å². The van der Waals surface area contributed by atoms with Gasteiger partial charge in [0.1, 0.15) is 5.75 Å². The molecule has 0 amide bonds. The minimum Gasteiger partial charge on any atom is -0.483 e. The number of ether oxygens (including phenoxy) is 1. The molecule has 20 heavy (non-hydrogen) atoms. The molecule has 3 heteroatoms. The fourth-order valence-electron chi connectivity index (χ4n) is 1.91. The third-order valence-electron chi connectivity index (χ3n) is 3.14. The van der Waals surface area contributed by atoms with Crippen molar-refractivity contribution in [2.24, 2.45) is 0 Å². The molecule has 0 aliphatic heterocycles. The third-order valence-corrected chi connectivity index (χ3v) is 3.67. The molecule has 0 N–H and O–H groups in total. The van der Waals surface area contributed by atoms with Crippen LogP contribution in [0.15, 0.2) is 53.0 Å². The van der Waals surface area contributed by atoms with E-state index in [1.165, 1.54) is 5.56 Å². The minimum atomic E-state index is -0.497. The Morgan fingerprint density at radius 1 is 1.10 bits per heavy atom. The minimum absolute atomic E-state index is 0.00410. The summed E-state index contributed by atoms with van der Waals surface area (Å²) in [4.78, 5) is 12.3. The van der Waals surface area contributed by atoms with Gasteiger partial charge in [-0.3, -0.25) is 4.79 Å². The van der Waals surface area contributed by atoms with Gasteiger partial charge in [-0.2, -0.15) is 0 Å². The molecule has 1 atom stereocenters. The van der Waals surface area contributed by atoms with Crippen LogP contribution in [0, 0.1) is 0 Å². The maximum absolute atomic E-state index is 12.3. The number of carbonyl (C=O) groups excluding carboxylic acids is 1. The summed E-state index contributed by atoms with van der Waals surface area (Å²) in [5.41, 5.74) is 1.91. The van der Waals surface area contributed by atoms with Gasteiger partial charge in [0.25, 0.3) is 0 Å². The second kappa shape index (κ2) is 6.71. The quantitative estimate of drug-likeness (QED) is 0.744. The topological polar surface area (TPSA) is 26.3 Å². The van der Waals surface area contributed by atoms with Crippen molar-refractivity contribution < 1.29 is 9.53 Å². The van der Waals surface area contributed by atoms with Gasteiger partial charge in [0.2, 0.25) is 5.78 Å². The predicted molar refractivity (Wildman–Crippen MR) is 84.4 cm³/mol. The Labute approximate surface area is 127 Å². The van der Waals surface area contributed by atoms with Crippen LogP contribution in [-0.2, 0) is 6.42 Å². The molecular formula is C17H17BrO2. The molecule has 2 aromatic carbocycles. The second-order valence-electron chi connectivity index (χ2n) is 4.63. The van der Waals surface area contributed by atoms with Gasteiger partial charge in [-0.1, -0.05) is 47.1 Å². The van der Waals surface area contributed by atoms with Crippen molar-refractivity contribution in [3.63, 3.8) is 0 Å². The molecule has 0 bridgehead atoms. The van der Waals surface area contributed by atoms with E-state index in [9.17, 15) is 4.79 Å². The Hall–Kier alpha value is -1.61. The summed E-state index contributed by atoms with van der Waals surface area (Å²) < 4.78 is 6.66.